The third-order valence-corrected chi connectivity index (χ3v) is 0.958. The maximum absolute atomic E-state index is 12.1. The Morgan fingerprint density at radius 3 is 2.88 bits per heavy atom. The molecule has 8 heavy (non-hydrogen) atoms. The van der Waals surface area contributed by atoms with Gasteiger partial charge in [-0.15, -0.1) is 0 Å². The first-order valence-corrected chi connectivity index (χ1v) is 2.45. The quantitative estimate of drug-likeness (QED) is 0.443. The van der Waals surface area contributed by atoms with Gasteiger partial charge in [0, 0.05) is 6.54 Å². The van der Waals surface area contributed by atoms with E-state index >= 15 is 0 Å². The molecule has 4 heteroatoms. The molecule has 1 atom stereocenters. The van der Waals surface area contributed by atoms with Crippen molar-refractivity contribution in [2.24, 2.45) is 0 Å². The molecular weight excluding hydrogens is 111 g/mol. The second kappa shape index (κ2) is 2.09. The van der Waals surface area contributed by atoms with Gasteiger partial charge >= 0.3 is 0 Å². The van der Waals surface area contributed by atoms with Gasteiger partial charge in [0.15, 0.2) is 0 Å². The average molecular weight is 118 g/mol. The highest BCUT2D eigenvalue weighted by Gasteiger charge is 2.16. The minimum absolute atomic E-state index is 0.00694. The highest BCUT2D eigenvalue weighted by Crippen LogP contribution is 1.97. The summed E-state index contributed by atoms with van der Waals surface area (Å²) in [5.74, 6) is -0.274. The summed E-state index contributed by atoms with van der Waals surface area (Å²) in [6, 6.07) is 0. The maximum atomic E-state index is 12.1. The number of carbonyl (C=O) groups excluding carboxylic acids is 1. The minimum Gasteiger partial charge on any atom is -0.291 e. The van der Waals surface area contributed by atoms with Crippen LogP contribution in [-0.2, 0) is 4.79 Å². The van der Waals surface area contributed by atoms with E-state index in [1.165, 1.54) is 0 Å². The second-order valence-corrected chi connectivity index (χ2v) is 1.73. The number of hydrogen-bond acceptors (Lipinski definition) is 2. The lowest BCUT2D eigenvalue weighted by molar-refractivity contribution is -0.124. The SMILES string of the molecule is O=C1CC(F)CNN1. The Balaban J connectivity index is 2.34. The smallest absolute Gasteiger partial charge is 0.237 e. The monoisotopic (exact) mass is 118 g/mol. The molecule has 3 nitrogen and oxygen atoms in total. The summed E-state index contributed by atoms with van der Waals surface area (Å²) >= 11 is 0. The van der Waals surface area contributed by atoms with Crippen molar-refractivity contribution in [1.82, 2.24) is 10.9 Å². The summed E-state index contributed by atoms with van der Waals surface area (Å²) in [5, 5.41) is 0. The van der Waals surface area contributed by atoms with Crippen molar-refractivity contribution in [3.05, 3.63) is 0 Å². The van der Waals surface area contributed by atoms with Crippen LogP contribution in [0.15, 0.2) is 0 Å². The van der Waals surface area contributed by atoms with Crippen molar-refractivity contribution in [3.63, 3.8) is 0 Å². The standard InChI is InChI=1S/C4H7FN2O/c5-3-1-4(8)7-6-2-3/h3,6H,1-2H2,(H,7,8). The van der Waals surface area contributed by atoms with Crippen LogP contribution in [0.5, 0.6) is 0 Å². The Labute approximate surface area is 46.2 Å². The van der Waals surface area contributed by atoms with E-state index in [1.807, 2.05) is 0 Å². The van der Waals surface area contributed by atoms with Crippen LogP contribution in [0.1, 0.15) is 6.42 Å². The zero-order valence-corrected chi connectivity index (χ0v) is 4.28. The van der Waals surface area contributed by atoms with Gasteiger partial charge in [-0.2, -0.15) is 0 Å². The summed E-state index contributed by atoms with van der Waals surface area (Å²) in [5.41, 5.74) is 4.69. The molecule has 1 rings (SSSR count). The van der Waals surface area contributed by atoms with E-state index in [-0.39, 0.29) is 18.9 Å². The van der Waals surface area contributed by atoms with Gasteiger partial charge in [0.05, 0.1) is 6.42 Å². The highest BCUT2D eigenvalue weighted by molar-refractivity contribution is 5.76. The van der Waals surface area contributed by atoms with E-state index < -0.39 is 6.17 Å². The van der Waals surface area contributed by atoms with Crippen LogP contribution in [0, 0.1) is 0 Å². The molecule has 1 aliphatic rings. The van der Waals surface area contributed by atoms with Crippen molar-refractivity contribution in [3.8, 4) is 0 Å². The molecule has 0 spiro atoms. The Morgan fingerprint density at radius 2 is 2.50 bits per heavy atom. The van der Waals surface area contributed by atoms with Crippen molar-refractivity contribution in [2.45, 2.75) is 12.6 Å². The van der Waals surface area contributed by atoms with Crippen molar-refractivity contribution in [1.29, 1.82) is 0 Å². The lowest BCUT2D eigenvalue weighted by Crippen LogP contribution is -2.47. The largest absolute Gasteiger partial charge is 0.291 e. The first kappa shape index (κ1) is 5.50. The van der Waals surface area contributed by atoms with Gasteiger partial charge in [-0.1, -0.05) is 0 Å². The van der Waals surface area contributed by atoms with Crippen LogP contribution in [0.25, 0.3) is 0 Å². The van der Waals surface area contributed by atoms with Gasteiger partial charge in [0.2, 0.25) is 5.91 Å². The summed E-state index contributed by atoms with van der Waals surface area (Å²) in [6.45, 7) is 0.228. The topological polar surface area (TPSA) is 41.1 Å². The number of rotatable bonds is 0. The number of hydrogen-bond donors (Lipinski definition) is 2. The highest BCUT2D eigenvalue weighted by atomic mass is 19.1. The molecule has 2 N–H and O–H groups in total. The molecule has 46 valence electrons. The average Bonchev–Trinajstić information content (AvgIpc) is 1.64. The molecular formula is C4H7FN2O. The lowest BCUT2D eigenvalue weighted by Gasteiger charge is -2.15. The van der Waals surface area contributed by atoms with Crippen LogP contribution in [0.4, 0.5) is 4.39 Å². The second-order valence-electron chi connectivity index (χ2n) is 1.73. The van der Waals surface area contributed by atoms with Crippen LogP contribution >= 0.6 is 0 Å². The molecule has 1 saturated heterocycles. The molecule has 0 saturated carbocycles. The van der Waals surface area contributed by atoms with E-state index in [0.717, 1.165) is 0 Å². The van der Waals surface area contributed by atoms with Crippen molar-refractivity contribution < 1.29 is 9.18 Å². The molecule has 0 aromatic heterocycles. The molecule has 1 amide bonds. The van der Waals surface area contributed by atoms with Crippen molar-refractivity contribution >= 4 is 5.91 Å². The summed E-state index contributed by atoms with van der Waals surface area (Å²) in [6.07, 6.45) is -1.02. The molecule has 1 aliphatic heterocycles. The number of halogens is 1. The Bertz CT molecular complexity index is 106. The van der Waals surface area contributed by atoms with Gasteiger partial charge < -0.3 is 0 Å². The first-order chi connectivity index (χ1) is 3.79. The normalized spacial score (nSPS) is 29.6. The van der Waals surface area contributed by atoms with E-state index in [0.29, 0.717) is 0 Å². The predicted molar refractivity (Wildman–Crippen MR) is 25.7 cm³/mol. The number of carbonyl (C=O) groups is 1. The third kappa shape index (κ3) is 1.16. The minimum atomic E-state index is -1.01. The van der Waals surface area contributed by atoms with Gasteiger partial charge in [-0.05, 0) is 0 Å². The summed E-state index contributed by atoms with van der Waals surface area (Å²) in [7, 11) is 0. The van der Waals surface area contributed by atoms with Crippen LogP contribution < -0.4 is 10.9 Å². The van der Waals surface area contributed by atoms with Crippen LogP contribution in [-0.4, -0.2) is 18.6 Å². The van der Waals surface area contributed by atoms with Gasteiger partial charge in [-0.3, -0.25) is 10.2 Å². The van der Waals surface area contributed by atoms with E-state index in [4.69, 9.17) is 0 Å². The van der Waals surface area contributed by atoms with E-state index in [1.54, 1.807) is 0 Å². The number of nitrogens with one attached hydrogen (secondary N) is 2. The fourth-order valence-electron chi connectivity index (χ4n) is 0.585. The Morgan fingerprint density at radius 1 is 1.75 bits per heavy atom. The van der Waals surface area contributed by atoms with Gasteiger partial charge in [0.1, 0.15) is 6.17 Å². The van der Waals surface area contributed by atoms with Gasteiger partial charge in [0.25, 0.3) is 0 Å². The zero-order valence-electron chi connectivity index (χ0n) is 4.28. The molecule has 1 fully saturated rings. The van der Waals surface area contributed by atoms with E-state index in [9.17, 15) is 9.18 Å². The fourth-order valence-corrected chi connectivity index (χ4v) is 0.585. The van der Waals surface area contributed by atoms with Gasteiger partial charge in [-0.25, -0.2) is 9.82 Å². The number of hydrazine groups is 1. The predicted octanol–water partition coefficient (Wildman–Crippen LogP) is -0.651. The third-order valence-electron chi connectivity index (χ3n) is 0.958. The molecule has 0 bridgehead atoms. The molecule has 1 heterocycles. The van der Waals surface area contributed by atoms with Crippen LogP contribution in [0.2, 0.25) is 0 Å². The summed E-state index contributed by atoms with van der Waals surface area (Å²) in [4.78, 5) is 10.3. The van der Waals surface area contributed by atoms with Crippen LogP contribution in [0.3, 0.4) is 0 Å². The maximum Gasteiger partial charge on any atom is 0.237 e. The number of amides is 1. The molecule has 0 radical (unpaired) electrons. The van der Waals surface area contributed by atoms with Crippen molar-refractivity contribution in [2.75, 3.05) is 6.54 Å². The Hall–Kier alpha value is -0.640. The molecule has 1 unspecified atom stereocenters. The molecule has 0 aliphatic carbocycles. The molecule has 0 aromatic carbocycles. The summed E-state index contributed by atoms with van der Waals surface area (Å²) < 4.78 is 12.1. The molecule has 0 aromatic rings. The lowest BCUT2D eigenvalue weighted by atomic mass is 10.2. The first-order valence-electron chi connectivity index (χ1n) is 2.45. The Kier molecular flexibility index (Phi) is 1.43. The zero-order chi connectivity index (χ0) is 5.98. The number of alkyl halides is 1. The fraction of sp³-hybridized carbons (Fsp3) is 0.750. The van der Waals surface area contributed by atoms with E-state index in [2.05, 4.69) is 10.9 Å².